The Morgan fingerprint density at radius 2 is 1.58 bits per heavy atom. The molecule has 0 amide bonds. The van der Waals surface area contributed by atoms with Crippen molar-refractivity contribution in [1.29, 1.82) is 0 Å². The van der Waals surface area contributed by atoms with Gasteiger partial charge < -0.3 is 0 Å². The van der Waals surface area contributed by atoms with Crippen LogP contribution < -0.4 is 0 Å². The van der Waals surface area contributed by atoms with Crippen molar-refractivity contribution in [2.24, 2.45) is 17.8 Å². The van der Waals surface area contributed by atoms with Crippen LogP contribution in [0.25, 0.3) is 0 Å². The monoisotopic (exact) mass is 168 g/mol. The maximum atomic E-state index is 2.38. The Bertz CT molecular complexity index is 117. The Kier molecular flexibility index (Phi) is 4.11. The van der Waals surface area contributed by atoms with E-state index >= 15 is 0 Å². The summed E-state index contributed by atoms with van der Waals surface area (Å²) < 4.78 is 0. The summed E-state index contributed by atoms with van der Waals surface area (Å²) in [4.78, 5) is 0. The molecule has 72 valence electrons. The first kappa shape index (κ1) is 10.1. The van der Waals surface area contributed by atoms with E-state index in [1.165, 1.54) is 38.5 Å². The molecule has 0 spiro atoms. The van der Waals surface area contributed by atoms with Gasteiger partial charge in [-0.3, -0.25) is 0 Å². The zero-order valence-corrected chi connectivity index (χ0v) is 8.97. The molecule has 0 heteroatoms. The maximum absolute atomic E-state index is 2.38. The predicted octanol–water partition coefficient (Wildman–Crippen LogP) is 4.25. The Labute approximate surface area is 77.7 Å². The van der Waals surface area contributed by atoms with Gasteiger partial charge in [0.15, 0.2) is 0 Å². The van der Waals surface area contributed by atoms with Crippen LogP contribution in [0, 0.1) is 17.8 Å². The zero-order chi connectivity index (χ0) is 8.97. The van der Waals surface area contributed by atoms with E-state index in [0.717, 1.165) is 17.8 Å². The molecule has 1 fully saturated rings. The highest BCUT2D eigenvalue weighted by molar-refractivity contribution is 4.82. The van der Waals surface area contributed by atoms with Crippen molar-refractivity contribution in [3.63, 3.8) is 0 Å². The molecule has 0 aromatic carbocycles. The van der Waals surface area contributed by atoms with Crippen LogP contribution in [-0.4, -0.2) is 0 Å². The lowest BCUT2D eigenvalue weighted by atomic mass is 9.84. The molecule has 3 unspecified atom stereocenters. The highest BCUT2D eigenvalue weighted by Crippen LogP contribution is 2.42. The van der Waals surface area contributed by atoms with E-state index in [0.29, 0.717) is 0 Å². The smallest absolute Gasteiger partial charge is 0.0360 e. The zero-order valence-electron chi connectivity index (χ0n) is 8.97. The van der Waals surface area contributed by atoms with Gasteiger partial charge in [0.05, 0.1) is 0 Å². The van der Waals surface area contributed by atoms with Gasteiger partial charge in [0.25, 0.3) is 0 Å². The van der Waals surface area contributed by atoms with E-state index in [1.54, 1.807) is 0 Å². The summed E-state index contributed by atoms with van der Waals surface area (Å²) in [7, 11) is 0. The second-order valence-electron chi connectivity index (χ2n) is 4.37. The molecule has 0 radical (unpaired) electrons. The molecule has 0 aliphatic heterocycles. The second kappa shape index (κ2) is 4.89. The molecular weight excluding hydrogens is 144 g/mol. The van der Waals surface area contributed by atoms with Crippen LogP contribution in [0.1, 0.15) is 59.3 Å². The average Bonchev–Trinajstić information content (AvgIpc) is 2.47. The largest absolute Gasteiger partial charge is 0.0654 e. The van der Waals surface area contributed by atoms with Crippen molar-refractivity contribution in [1.82, 2.24) is 0 Å². The minimum absolute atomic E-state index is 1.06. The van der Waals surface area contributed by atoms with Crippen molar-refractivity contribution < 1.29 is 0 Å². The fourth-order valence-electron chi connectivity index (χ4n) is 3.14. The summed E-state index contributed by atoms with van der Waals surface area (Å²) in [5.41, 5.74) is 0. The molecule has 1 aliphatic carbocycles. The molecule has 1 aliphatic rings. The van der Waals surface area contributed by atoms with Gasteiger partial charge in [0.2, 0.25) is 0 Å². The highest BCUT2D eigenvalue weighted by atomic mass is 14.4. The SMILES string of the molecule is CCCC1CCC(CC)C1CC. The average molecular weight is 168 g/mol. The van der Waals surface area contributed by atoms with E-state index in [2.05, 4.69) is 20.8 Å². The number of rotatable bonds is 4. The molecule has 0 aromatic rings. The molecule has 0 nitrogen and oxygen atoms in total. The summed E-state index contributed by atoms with van der Waals surface area (Å²) in [6.45, 7) is 7.06. The van der Waals surface area contributed by atoms with E-state index in [-0.39, 0.29) is 0 Å². The predicted molar refractivity (Wildman–Crippen MR) is 55.2 cm³/mol. The quantitative estimate of drug-likeness (QED) is 0.588. The molecule has 0 aromatic heterocycles. The second-order valence-corrected chi connectivity index (χ2v) is 4.37. The first-order valence-corrected chi connectivity index (χ1v) is 5.83. The summed E-state index contributed by atoms with van der Waals surface area (Å²) in [6.07, 6.45) is 8.74. The molecule has 0 bridgehead atoms. The van der Waals surface area contributed by atoms with Crippen molar-refractivity contribution in [2.45, 2.75) is 59.3 Å². The lowest BCUT2D eigenvalue weighted by Crippen LogP contribution is -2.13. The summed E-state index contributed by atoms with van der Waals surface area (Å²) >= 11 is 0. The van der Waals surface area contributed by atoms with E-state index < -0.39 is 0 Å². The van der Waals surface area contributed by atoms with Crippen LogP contribution in [0.3, 0.4) is 0 Å². The van der Waals surface area contributed by atoms with Gasteiger partial charge in [0, 0.05) is 0 Å². The highest BCUT2D eigenvalue weighted by Gasteiger charge is 2.32. The van der Waals surface area contributed by atoms with Crippen LogP contribution in [0.15, 0.2) is 0 Å². The van der Waals surface area contributed by atoms with Gasteiger partial charge in [-0.2, -0.15) is 0 Å². The van der Waals surface area contributed by atoms with E-state index in [9.17, 15) is 0 Å². The van der Waals surface area contributed by atoms with E-state index in [4.69, 9.17) is 0 Å². The van der Waals surface area contributed by atoms with Crippen molar-refractivity contribution in [3.05, 3.63) is 0 Å². The van der Waals surface area contributed by atoms with Crippen LogP contribution in [0.2, 0.25) is 0 Å². The third-order valence-corrected chi connectivity index (χ3v) is 3.77. The number of hydrogen-bond acceptors (Lipinski definition) is 0. The molecule has 3 atom stereocenters. The van der Waals surface area contributed by atoms with Gasteiger partial charge in [-0.15, -0.1) is 0 Å². The molecule has 0 N–H and O–H groups in total. The molecule has 1 rings (SSSR count). The maximum Gasteiger partial charge on any atom is -0.0360 e. The summed E-state index contributed by atoms with van der Waals surface area (Å²) in [6, 6.07) is 0. The van der Waals surface area contributed by atoms with Crippen molar-refractivity contribution in [2.75, 3.05) is 0 Å². The van der Waals surface area contributed by atoms with Crippen molar-refractivity contribution in [3.8, 4) is 0 Å². The third-order valence-electron chi connectivity index (χ3n) is 3.77. The van der Waals surface area contributed by atoms with Crippen LogP contribution in [0.4, 0.5) is 0 Å². The minimum Gasteiger partial charge on any atom is -0.0654 e. The normalized spacial score (nSPS) is 35.8. The Morgan fingerprint density at radius 3 is 2.08 bits per heavy atom. The Hall–Kier alpha value is 0. The standard InChI is InChI=1S/C12H24/c1-4-7-11-9-8-10(5-2)12(11)6-3/h10-12H,4-9H2,1-3H3. The number of hydrogen-bond donors (Lipinski definition) is 0. The van der Waals surface area contributed by atoms with Gasteiger partial charge in [-0.25, -0.2) is 0 Å². The van der Waals surface area contributed by atoms with Crippen molar-refractivity contribution >= 4 is 0 Å². The Morgan fingerprint density at radius 1 is 0.917 bits per heavy atom. The van der Waals surface area contributed by atoms with Crippen LogP contribution in [0.5, 0.6) is 0 Å². The van der Waals surface area contributed by atoms with Gasteiger partial charge in [-0.05, 0) is 30.6 Å². The van der Waals surface area contributed by atoms with Gasteiger partial charge >= 0.3 is 0 Å². The topological polar surface area (TPSA) is 0 Å². The van der Waals surface area contributed by atoms with E-state index in [1.807, 2.05) is 0 Å². The minimum atomic E-state index is 1.06. The molecule has 1 saturated carbocycles. The first-order valence-electron chi connectivity index (χ1n) is 5.83. The summed E-state index contributed by atoms with van der Waals surface area (Å²) in [5, 5.41) is 0. The molecule has 12 heavy (non-hydrogen) atoms. The third kappa shape index (κ3) is 2.02. The first-order chi connectivity index (χ1) is 5.83. The van der Waals surface area contributed by atoms with Gasteiger partial charge in [-0.1, -0.05) is 46.5 Å². The molecule has 0 saturated heterocycles. The van der Waals surface area contributed by atoms with Crippen LogP contribution >= 0.6 is 0 Å². The fraction of sp³-hybridized carbons (Fsp3) is 1.00. The fourth-order valence-corrected chi connectivity index (χ4v) is 3.14. The van der Waals surface area contributed by atoms with Gasteiger partial charge in [0.1, 0.15) is 0 Å². The Balaban J connectivity index is 2.44. The molecular formula is C12H24. The molecule has 0 heterocycles. The lowest BCUT2D eigenvalue weighted by molar-refractivity contribution is 0.281. The lowest BCUT2D eigenvalue weighted by Gasteiger charge is -2.22. The van der Waals surface area contributed by atoms with Crippen LogP contribution in [-0.2, 0) is 0 Å². The summed E-state index contributed by atoms with van der Waals surface area (Å²) in [5.74, 6) is 3.20.